The second-order valence-corrected chi connectivity index (χ2v) is 7.05. The number of nitrogens with one attached hydrogen (secondary N) is 2. The first-order chi connectivity index (χ1) is 11.5. The highest BCUT2D eigenvalue weighted by atomic mass is 16.1. The van der Waals surface area contributed by atoms with Crippen LogP contribution in [0.15, 0.2) is 23.0 Å². The average Bonchev–Trinajstić information content (AvgIpc) is 2.56. The minimum atomic E-state index is -0.0868. The van der Waals surface area contributed by atoms with Gasteiger partial charge in [-0.05, 0) is 67.8 Å². The molecule has 1 aromatic heterocycles. The van der Waals surface area contributed by atoms with Crippen molar-refractivity contribution in [2.24, 2.45) is 0 Å². The van der Waals surface area contributed by atoms with E-state index in [-0.39, 0.29) is 11.5 Å². The maximum Gasteiger partial charge on any atom is 0.251 e. The molecule has 3 rings (SSSR count). The second-order valence-electron chi connectivity index (χ2n) is 7.05. The van der Waals surface area contributed by atoms with Gasteiger partial charge in [0.1, 0.15) is 0 Å². The monoisotopic (exact) mass is 326 g/mol. The molecule has 1 aliphatic rings. The van der Waals surface area contributed by atoms with Gasteiger partial charge in [0, 0.05) is 23.5 Å². The molecule has 4 heteroatoms. The lowest BCUT2D eigenvalue weighted by molar-refractivity contribution is -0.121. The summed E-state index contributed by atoms with van der Waals surface area (Å²) in [4.78, 5) is 27.3. The minimum absolute atomic E-state index is 0.0569. The van der Waals surface area contributed by atoms with Crippen LogP contribution >= 0.6 is 0 Å². The SMILES string of the molecule is Cc1cc2cc(CCC(=O)NC3CCCCC3)c(=O)[nH]c2cc1C. The van der Waals surface area contributed by atoms with Gasteiger partial charge in [0.25, 0.3) is 5.56 Å². The molecule has 4 nitrogen and oxygen atoms in total. The van der Waals surface area contributed by atoms with Gasteiger partial charge in [-0.25, -0.2) is 0 Å². The van der Waals surface area contributed by atoms with E-state index in [1.54, 1.807) is 0 Å². The van der Waals surface area contributed by atoms with Crippen molar-refractivity contribution in [3.05, 3.63) is 45.2 Å². The summed E-state index contributed by atoms with van der Waals surface area (Å²) in [7, 11) is 0. The first-order valence-electron chi connectivity index (χ1n) is 8.95. The Morgan fingerprint density at radius 2 is 1.83 bits per heavy atom. The van der Waals surface area contributed by atoms with Crippen molar-refractivity contribution in [3.63, 3.8) is 0 Å². The first kappa shape index (κ1) is 16.7. The highest BCUT2D eigenvalue weighted by Gasteiger charge is 2.16. The molecule has 1 aliphatic carbocycles. The third-order valence-corrected chi connectivity index (χ3v) is 5.13. The first-order valence-corrected chi connectivity index (χ1v) is 8.95. The predicted octanol–water partition coefficient (Wildman–Crippen LogP) is 3.53. The molecular formula is C20H26N2O2. The Labute approximate surface area is 142 Å². The van der Waals surface area contributed by atoms with Crippen molar-refractivity contribution in [1.82, 2.24) is 10.3 Å². The number of rotatable bonds is 4. The fourth-order valence-electron chi connectivity index (χ4n) is 3.50. The van der Waals surface area contributed by atoms with E-state index in [4.69, 9.17) is 0 Å². The van der Waals surface area contributed by atoms with Gasteiger partial charge in [0.2, 0.25) is 5.91 Å². The molecule has 0 radical (unpaired) electrons. The molecular weight excluding hydrogens is 300 g/mol. The quantitative estimate of drug-likeness (QED) is 0.903. The van der Waals surface area contributed by atoms with Crippen molar-refractivity contribution >= 4 is 16.8 Å². The maximum atomic E-state index is 12.2. The van der Waals surface area contributed by atoms with E-state index in [2.05, 4.69) is 23.3 Å². The van der Waals surface area contributed by atoms with Gasteiger partial charge >= 0.3 is 0 Å². The molecule has 2 aromatic rings. The molecule has 0 bridgehead atoms. The fourth-order valence-corrected chi connectivity index (χ4v) is 3.50. The number of hydrogen-bond donors (Lipinski definition) is 2. The number of amides is 1. The highest BCUT2D eigenvalue weighted by Crippen LogP contribution is 2.19. The van der Waals surface area contributed by atoms with Gasteiger partial charge in [0.05, 0.1) is 0 Å². The van der Waals surface area contributed by atoms with Crippen LogP contribution < -0.4 is 10.9 Å². The molecule has 0 spiro atoms. The third kappa shape index (κ3) is 3.86. The van der Waals surface area contributed by atoms with E-state index < -0.39 is 0 Å². The number of hydrogen-bond acceptors (Lipinski definition) is 2. The van der Waals surface area contributed by atoms with Gasteiger partial charge in [0.15, 0.2) is 0 Å². The number of fused-ring (bicyclic) bond motifs is 1. The zero-order chi connectivity index (χ0) is 17.1. The largest absolute Gasteiger partial charge is 0.353 e. The lowest BCUT2D eigenvalue weighted by Crippen LogP contribution is -2.36. The Kier molecular flexibility index (Phi) is 5.03. The van der Waals surface area contributed by atoms with Crippen LogP contribution in [-0.2, 0) is 11.2 Å². The summed E-state index contributed by atoms with van der Waals surface area (Å²) >= 11 is 0. The van der Waals surface area contributed by atoms with Gasteiger partial charge < -0.3 is 10.3 Å². The number of aryl methyl sites for hydroxylation is 3. The van der Waals surface area contributed by atoms with E-state index in [9.17, 15) is 9.59 Å². The Morgan fingerprint density at radius 1 is 1.12 bits per heavy atom. The van der Waals surface area contributed by atoms with Crippen molar-refractivity contribution in [1.29, 1.82) is 0 Å². The maximum absolute atomic E-state index is 12.2. The normalized spacial score (nSPS) is 15.6. The van der Waals surface area contributed by atoms with Crippen LogP contribution in [0.25, 0.3) is 10.9 Å². The van der Waals surface area contributed by atoms with E-state index in [1.165, 1.54) is 24.8 Å². The molecule has 0 saturated heterocycles. The zero-order valence-corrected chi connectivity index (χ0v) is 14.6. The number of benzene rings is 1. The molecule has 2 N–H and O–H groups in total. The summed E-state index contributed by atoms with van der Waals surface area (Å²) in [5.74, 6) is 0.0569. The fraction of sp³-hybridized carbons (Fsp3) is 0.500. The van der Waals surface area contributed by atoms with Crippen LogP contribution in [0.4, 0.5) is 0 Å². The molecule has 128 valence electrons. The van der Waals surface area contributed by atoms with Gasteiger partial charge in [-0.3, -0.25) is 9.59 Å². The summed E-state index contributed by atoms with van der Waals surface area (Å²) < 4.78 is 0. The smallest absolute Gasteiger partial charge is 0.251 e. The molecule has 0 unspecified atom stereocenters. The van der Waals surface area contributed by atoms with E-state index >= 15 is 0 Å². The van der Waals surface area contributed by atoms with Crippen molar-refractivity contribution in [2.75, 3.05) is 0 Å². The summed E-state index contributed by atoms with van der Waals surface area (Å²) in [6.07, 6.45) is 6.70. The molecule has 1 fully saturated rings. The molecule has 1 aromatic carbocycles. The van der Waals surface area contributed by atoms with Crippen molar-refractivity contribution in [2.45, 2.75) is 64.8 Å². The Balaban J connectivity index is 1.68. The lowest BCUT2D eigenvalue weighted by atomic mass is 9.95. The van der Waals surface area contributed by atoms with Crippen LogP contribution in [0.5, 0.6) is 0 Å². The number of aromatic amines is 1. The number of H-pyrrole nitrogens is 1. The van der Waals surface area contributed by atoms with E-state index in [0.29, 0.717) is 24.4 Å². The Morgan fingerprint density at radius 3 is 2.58 bits per heavy atom. The van der Waals surface area contributed by atoms with Crippen LogP contribution in [0.3, 0.4) is 0 Å². The van der Waals surface area contributed by atoms with Gasteiger partial charge in [-0.15, -0.1) is 0 Å². The predicted molar refractivity (Wildman–Crippen MR) is 97.4 cm³/mol. The molecule has 0 atom stereocenters. The zero-order valence-electron chi connectivity index (χ0n) is 14.6. The summed E-state index contributed by atoms with van der Waals surface area (Å²) in [5.41, 5.74) is 3.83. The average molecular weight is 326 g/mol. The van der Waals surface area contributed by atoms with Gasteiger partial charge in [-0.1, -0.05) is 19.3 Å². The van der Waals surface area contributed by atoms with Crippen LogP contribution in [-0.4, -0.2) is 16.9 Å². The van der Waals surface area contributed by atoms with Crippen LogP contribution in [0, 0.1) is 13.8 Å². The number of carbonyl (C=O) groups excluding carboxylic acids is 1. The highest BCUT2D eigenvalue weighted by molar-refractivity contribution is 5.81. The Bertz CT molecular complexity index is 801. The number of carbonyl (C=O) groups is 1. The van der Waals surface area contributed by atoms with E-state index in [0.717, 1.165) is 29.3 Å². The Hall–Kier alpha value is -2.10. The molecule has 1 heterocycles. The van der Waals surface area contributed by atoms with Crippen molar-refractivity contribution in [3.8, 4) is 0 Å². The topological polar surface area (TPSA) is 62.0 Å². The van der Waals surface area contributed by atoms with Gasteiger partial charge in [-0.2, -0.15) is 0 Å². The molecule has 0 aliphatic heterocycles. The van der Waals surface area contributed by atoms with Crippen molar-refractivity contribution < 1.29 is 4.79 Å². The lowest BCUT2D eigenvalue weighted by Gasteiger charge is -2.22. The summed E-state index contributed by atoms with van der Waals surface area (Å²) in [6, 6.07) is 6.35. The molecule has 1 amide bonds. The molecule has 1 saturated carbocycles. The third-order valence-electron chi connectivity index (χ3n) is 5.13. The summed E-state index contributed by atoms with van der Waals surface area (Å²) in [5, 5.41) is 4.14. The summed E-state index contributed by atoms with van der Waals surface area (Å²) in [6.45, 7) is 4.10. The molecule has 24 heavy (non-hydrogen) atoms. The van der Waals surface area contributed by atoms with Crippen LogP contribution in [0.1, 0.15) is 55.2 Å². The second kappa shape index (κ2) is 7.20. The minimum Gasteiger partial charge on any atom is -0.353 e. The number of aromatic nitrogens is 1. The standard InChI is InChI=1S/C20H26N2O2/c1-13-10-16-12-15(20(24)22-18(16)11-14(13)2)8-9-19(23)21-17-6-4-3-5-7-17/h10-12,17H,3-9H2,1-2H3,(H,21,23)(H,22,24). The van der Waals surface area contributed by atoms with Crippen LogP contribution in [0.2, 0.25) is 0 Å². The number of pyridine rings is 1. The van der Waals surface area contributed by atoms with E-state index in [1.807, 2.05) is 19.1 Å².